The van der Waals surface area contributed by atoms with E-state index in [0.29, 0.717) is 0 Å². The van der Waals surface area contributed by atoms with Crippen molar-refractivity contribution in [3.05, 3.63) is 258 Å². The molecule has 0 bridgehead atoms. The summed E-state index contributed by atoms with van der Waals surface area (Å²) in [5, 5.41) is 10.8. The summed E-state index contributed by atoms with van der Waals surface area (Å²) >= 11 is 0. The molecule has 0 aliphatic rings. The molecule has 0 fully saturated rings. The Morgan fingerprint density at radius 3 is 2.25 bits per heavy atom. The van der Waals surface area contributed by atoms with Crippen LogP contribution in [0.4, 0.5) is 5.69 Å². The van der Waals surface area contributed by atoms with Gasteiger partial charge in [-0.05, 0) is 135 Å². The highest BCUT2D eigenvalue weighted by molar-refractivity contribution is 6.16. The fraction of sp³-hybridized carbons (Fsp3) is 0.0492. The van der Waals surface area contributed by atoms with E-state index in [1.807, 2.05) is 18.4 Å². The van der Waals surface area contributed by atoms with Crippen molar-refractivity contribution in [3.63, 3.8) is 0 Å². The van der Waals surface area contributed by atoms with E-state index in [9.17, 15) is 0 Å². The molecule has 63 heavy (non-hydrogen) atoms. The molecule has 2 heteroatoms. The Morgan fingerprint density at radius 2 is 1.43 bits per heavy atom. The Balaban J connectivity index is 1.09. The molecule has 9 aromatic rings. The number of anilines is 1. The van der Waals surface area contributed by atoms with Crippen molar-refractivity contribution in [2.24, 2.45) is 0 Å². The summed E-state index contributed by atoms with van der Waals surface area (Å²) in [7, 11) is 0. The maximum atomic E-state index is 3.82. The standard InChI is InChI=1S/C61H50N2/c1-4-6-7-8-10-22-49-36-39-57(60-58-27-15-16-29-59(58)63(61(49)60)54-24-11-9-12-25-54)51-23-17-20-45(42-51)43-52-33-31-48-21-13-14-26-55(48)56(52)28-18-40-62-53-37-34-47(35-38-53)50-32-30-46(19-5-2)44(3)41-50/h4-21,23-43,62H,1,22H2,2-3H3/b7-6-,10-8-,19-5-,40-18+,52-43-,56-28+. The maximum absolute atomic E-state index is 3.82. The van der Waals surface area contributed by atoms with Gasteiger partial charge in [-0.2, -0.15) is 0 Å². The predicted octanol–water partition coefficient (Wildman–Crippen LogP) is 14.7. The molecule has 0 spiro atoms. The van der Waals surface area contributed by atoms with Crippen molar-refractivity contribution in [2.45, 2.75) is 20.3 Å². The van der Waals surface area contributed by atoms with Gasteiger partial charge in [-0.15, -0.1) is 0 Å². The lowest BCUT2D eigenvalue weighted by Gasteiger charge is -2.13. The molecule has 8 aromatic carbocycles. The summed E-state index contributed by atoms with van der Waals surface area (Å²) in [6.45, 7) is 8.04. The Bertz CT molecular complexity index is 3350. The van der Waals surface area contributed by atoms with Crippen molar-refractivity contribution in [1.82, 2.24) is 4.57 Å². The minimum Gasteiger partial charge on any atom is -0.362 e. The van der Waals surface area contributed by atoms with E-state index in [1.54, 1.807) is 6.08 Å². The van der Waals surface area contributed by atoms with E-state index < -0.39 is 0 Å². The number of para-hydroxylation sites is 2. The van der Waals surface area contributed by atoms with Crippen LogP contribution < -0.4 is 15.8 Å². The minimum absolute atomic E-state index is 0.804. The molecule has 1 N–H and O–H groups in total. The van der Waals surface area contributed by atoms with Gasteiger partial charge in [0, 0.05) is 28.3 Å². The zero-order valence-electron chi connectivity index (χ0n) is 35.9. The molecule has 0 saturated carbocycles. The average molecular weight is 811 g/mol. The van der Waals surface area contributed by atoms with E-state index in [0.717, 1.165) is 28.6 Å². The third kappa shape index (κ3) is 8.66. The average Bonchev–Trinajstić information content (AvgIpc) is 3.68. The minimum atomic E-state index is 0.804. The van der Waals surface area contributed by atoms with Gasteiger partial charge >= 0.3 is 0 Å². The lowest BCUT2D eigenvalue weighted by atomic mass is 9.94. The number of benzene rings is 8. The molecule has 0 radical (unpaired) electrons. The summed E-state index contributed by atoms with van der Waals surface area (Å²) in [5.41, 5.74) is 14.4. The number of fused-ring (bicyclic) bond motifs is 4. The first-order valence-corrected chi connectivity index (χ1v) is 21.7. The molecule has 0 aliphatic carbocycles. The lowest BCUT2D eigenvalue weighted by molar-refractivity contribution is 1.15. The van der Waals surface area contributed by atoms with Crippen LogP contribution in [0.15, 0.2) is 225 Å². The van der Waals surface area contributed by atoms with Gasteiger partial charge in [-0.3, -0.25) is 0 Å². The third-order valence-electron chi connectivity index (χ3n) is 11.7. The van der Waals surface area contributed by atoms with E-state index in [1.165, 1.54) is 76.7 Å². The number of rotatable bonds is 12. The number of nitrogens with one attached hydrogen (secondary N) is 1. The van der Waals surface area contributed by atoms with Crippen molar-refractivity contribution in [3.8, 4) is 27.9 Å². The van der Waals surface area contributed by atoms with E-state index in [2.05, 4.69) is 243 Å². The largest absolute Gasteiger partial charge is 0.362 e. The summed E-state index contributed by atoms with van der Waals surface area (Å²) in [4.78, 5) is 0. The monoisotopic (exact) mass is 810 g/mol. The second kappa shape index (κ2) is 18.8. The zero-order chi connectivity index (χ0) is 43.0. The van der Waals surface area contributed by atoms with E-state index in [4.69, 9.17) is 0 Å². The highest BCUT2D eigenvalue weighted by atomic mass is 15.0. The molecule has 0 unspecified atom stereocenters. The topological polar surface area (TPSA) is 17.0 Å². The zero-order valence-corrected chi connectivity index (χ0v) is 35.9. The smallest absolute Gasteiger partial charge is 0.0582 e. The number of hydrogen-bond donors (Lipinski definition) is 1. The molecule has 0 atom stereocenters. The highest BCUT2D eigenvalue weighted by Gasteiger charge is 2.19. The first-order chi connectivity index (χ1) is 31.1. The van der Waals surface area contributed by atoms with Crippen LogP contribution in [0.5, 0.6) is 0 Å². The first kappa shape index (κ1) is 40.5. The Morgan fingerprint density at radius 1 is 0.635 bits per heavy atom. The predicted molar refractivity (Wildman–Crippen MR) is 274 cm³/mol. The second-order valence-corrected chi connectivity index (χ2v) is 15.8. The molecule has 304 valence electrons. The van der Waals surface area contributed by atoms with E-state index >= 15 is 0 Å². The Kier molecular flexibility index (Phi) is 12.1. The fourth-order valence-corrected chi connectivity index (χ4v) is 8.70. The van der Waals surface area contributed by atoms with Crippen molar-refractivity contribution in [2.75, 3.05) is 5.32 Å². The normalized spacial score (nSPS) is 12.7. The SMILES string of the molecule is C=C/C=C\C=C/Cc1ccc(-c2cccc(/C=c3/ccc4ccccc4/c3=C/C=C/Nc3ccc(-c4ccc(/C=C\C)c(C)c4)cc3)c2)c2c3ccccc3n(-c3ccccc3)c12. The number of aryl methyl sites for hydroxylation is 1. The quantitative estimate of drug-likeness (QED) is 0.122. The van der Waals surface area contributed by atoms with Crippen LogP contribution in [0.25, 0.3) is 78.7 Å². The molecule has 0 amide bonds. The van der Waals surface area contributed by atoms with Crippen LogP contribution >= 0.6 is 0 Å². The van der Waals surface area contributed by atoms with Gasteiger partial charge in [-0.1, -0.05) is 189 Å². The van der Waals surface area contributed by atoms with Gasteiger partial charge in [-0.25, -0.2) is 0 Å². The summed E-state index contributed by atoms with van der Waals surface area (Å²) < 4.78 is 2.44. The van der Waals surface area contributed by atoms with Crippen molar-refractivity contribution < 1.29 is 0 Å². The molecule has 9 rings (SSSR count). The van der Waals surface area contributed by atoms with Crippen LogP contribution in [-0.4, -0.2) is 4.57 Å². The lowest BCUT2D eigenvalue weighted by Crippen LogP contribution is -2.25. The van der Waals surface area contributed by atoms with Crippen molar-refractivity contribution in [1.29, 1.82) is 0 Å². The number of aromatic nitrogens is 1. The van der Waals surface area contributed by atoms with Crippen LogP contribution in [0.1, 0.15) is 29.2 Å². The molecule has 0 aliphatic heterocycles. The van der Waals surface area contributed by atoms with Gasteiger partial charge in [0.25, 0.3) is 0 Å². The van der Waals surface area contributed by atoms with Gasteiger partial charge in [0.05, 0.1) is 11.0 Å². The molecule has 2 nitrogen and oxygen atoms in total. The number of nitrogens with zero attached hydrogens (tertiary/aromatic N) is 1. The second-order valence-electron chi connectivity index (χ2n) is 15.8. The summed E-state index contributed by atoms with van der Waals surface area (Å²) in [5.74, 6) is 0. The number of allylic oxidation sites excluding steroid dienone is 7. The number of hydrogen-bond acceptors (Lipinski definition) is 1. The maximum Gasteiger partial charge on any atom is 0.0582 e. The van der Waals surface area contributed by atoms with Gasteiger partial charge in [0.15, 0.2) is 0 Å². The van der Waals surface area contributed by atoms with Crippen molar-refractivity contribution >= 4 is 56.5 Å². The van der Waals surface area contributed by atoms with Crippen LogP contribution in [0.3, 0.4) is 0 Å². The van der Waals surface area contributed by atoms with Gasteiger partial charge in [0.2, 0.25) is 0 Å². The molecule has 1 aromatic heterocycles. The molecule has 0 saturated heterocycles. The molecular formula is C61H50N2. The van der Waals surface area contributed by atoms with Gasteiger partial charge < -0.3 is 9.88 Å². The summed E-state index contributed by atoms with van der Waals surface area (Å²) in [6, 6.07) is 61.5. The van der Waals surface area contributed by atoms with Crippen LogP contribution in [0, 0.1) is 6.92 Å². The third-order valence-corrected chi connectivity index (χ3v) is 11.7. The fourth-order valence-electron chi connectivity index (χ4n) is 8.70. The van der Waals surface area contributed by atoms with Gasteiger partial charge in [0.1, 0.15) is 0 Å². The van der Waals surface area contributed by atoms with Crippen LogP contribution in [0.2, 0.25) is 0 Å². The summed E-state index contributed by atoms with van der Waals surface area (Å²) in [6.07, 6.45) is 23.8. The Labute approximate surface area is 370 Å². The first-order valence-electron chi connectivity index (χ1n) is 21.7. The Hall–Kier alpha value is -7.94. The van der Waals surface area contributed by atoms with Crippen LogP contribution in [-0.2, 0) is 6.42 Å². The highest BCUT2D eigenvalue weighted by Crippen LogP contribution is 2.40. The molecular weight excluding hydrogens is 761 g/mol. The molecule has 1 heterocycles. The van der Waals surface area contributed by atoms with E-state index in [-0.39, 0.29) is 0 Å².